The summed E-state index contributed by atoms with van der Waals surface area (Å²) in [7, 11) is 1.79. The maximum atomic E-state index is 13.1. The molecule has 0 N–H and O–H groups in total. The highest BCUT2D eigenvalue weighted by Gasteiger charge is 2.39. The number of benzene rings is 1. The van der Waals surface area contributed by atoms with Gasteiger partial charge in [-0.2, -0.15) is 0 Å². The lowest BCUT2D eigenvalue weighted by Gasteiger charge is -2.28. The Labute approximate surface area is 146 Å². The van der Waals surface area contributed by atoms with Gasteiger partial charge in [0, 0.05) is 31.1 Å². The molecule has 2 fully saturated rings. The summed E-state index contributed by atoms with van der Waals surface area (Å²) in [6.45, 7) is 5.56. The molecule has 2 saturated heterocycles. The van der Waals surface area contributed by atoms with E-state index < -0.39 is 0 Å². The average Bonchev–Trinajstić information content (AvgIpc) is 2.76. The topological polar surface area (TPSA) is 63.0 Å². The quantitative estimate of drug-likeness (QED) is 0.795. The van der Waals surface area contributed by atoms with Gasteiger partial charge in [-0.1, -0.05) is 12.1 Å². The van der Waals surface area contributed by atoms with Crippen molar-refractivity contribution in [3.05, 3.63) is 35.1 Å². The number of ether oxygens (including phenoxy) is 1. The summed E-state index contributed by atoms with van der Waals surface area (Å²) in [5, 5.41) is 0.959. The molecule has 3 heterocycles. The van der Waals surface area contributed by atoms with Crippen LogP contribution in [0.15, 0.2) is 22.6 Å². The third kappa shape index (κ3) is 2.61. The zero-order chi connectivity index (χ0) is 17.7. The van der Waals surface area contributed by atoms with E-state index in [1.807, 2.05) is 32.0 Å². The molecule has 4 rings (SSSR count). The molecule has 2 amide bonds. The number of furan rings is 1. The first kappa shape index (κ1) is 16.1. The highest BCUT2D eigenvalue weighted by Crippen LogP contribution is 2.28. The van der Waals surface area contributed by atoms with Crippen molar-refractivity contribution in [2.24, 2.45) is 5.92 Å². The van der Waals surface area contributed by atoms with Gasteiger partial charge in [-0.05, 0) is 25.5 Å². The molecule has 1 aromatic heterocycles. The molecule has 1 aromatic carbocycles. The number of nitrogens with zero attached hydrogens (tertiary/aromatic N) is 2. The summed E-state index contributed by atoms with van der Waals surface area (Å²) in [6.07, 6.45) is 0. The summed E-state index contributed by atoms with van der Waals surface area (Å²) < 4.78 is 11.5. The molecule has 2 aliphatic heterocycles. The molecule has 0 radical (unpaired) electrons. The minimum absolute atomic E-state index is 0.0507. The largest absolute Gasteiger partial charge is 0.451 e. The van der Waals surface area contributed by atoms with Crippen molar-refractivity contribution in [3.8, 4) is 0 Å². The summed E-state index contributed by atoms with van der Waals surface area (Å²) in [5.41, 5.74) is 2.67. The number of hydrogen-bond acceptors (Lipinski definition) is 4. The highest BCUT2D eigenvalue weighted by molar-refractivity contribution is 5.99. The molecule has 0 unspecified atom stereocenters. The minimum Gasteiger partial charge on any atom is -0.451 e. The van der Waals surface area contributed by atoms with Crippen molar-refractivity contribution in [1.82, 2.24) is 9.80 Å². The number of fused-ring (bicyclic) bond motifs is 4. The number of hydrogen-bond donors (Lipinski definition) is 0. The van der Waals surface area contributed by atoms with E-state index in [1.165, 1.54) is 0 Å². The van der Waals surface area contributed by atoms with Crippen LogP contribution in [-0.4, -0.2) is 61.0 Å². The molecule has 2 atom stereocenters. The van der Waals surface area contributed by atoms with Crippen molar-refractivity contribution < 1.29 is 18.7 Å². The van der Waals surface area contributed by atoms with Crippen LogP contribution < -0.4 is 0 Å². The molecular formula is C19H22N2O4. The first-order valence-electron chi connectivity index (χ1n) is 8.59. The Morgan fingerprint density at radius 3 is 2.80 bits per heavy atom. The number of carbonyl (C=O) groups is 2. The predicted molar refractivity (Wildman–Crippen MR) is 92.5 cm³/mol. The van der Waals surface area contributed by atoms with Crippen LogP contribution in [0.4, 0.5) is 0 Å². The second-order valence-electron chi connectivity index (χ2n) is 7.10. The normalized spacial score (nSPS) is 23.9. The Balaban J connectivity index is 1.69. The lowest BCUT2D eigenvalue weighted by Crippen LogP contribution is -2.45. The van der Waals surface area contributed by atoms with Crippen molar-refractivity contribution in [2.45, 2.75) is 19.9 Å². The summed E-state index contributed by atoms with van der Waals surface area (Å²) in [6, 6.07) is 5.83. The Bertz CT molecular complexity index is 856. The molecule has 0 saturated carbocycles. The van der Waals surface area contributed by atoms with Crippen LogP contribution in [0, 0.1) is 19.8 Å². The molecule has 6 heteroatoms. The van der Waals surface area contributed by atoms with E-state index in [1.54, 1.807) is 16.8 Å². The number of amides is 2. The predicted octanol–water partition coefficient (Wildman–Crippen LogP) is 1.98. The monoisotopic (exact) mass is 342 g/mol. The van der Waals surface area contributed by atoms with Crippen LogP contribution in [0.3, 0.4) is 0 Å². The second-order valence-corrected chi connectivity index (χ2v) is 7.10. The van der Waals surface area contributed by atoms with Gasteiger partial charge in [0.15, 0.2) is 5.76 Å². The van der Waals surface area contributed by atoms with Gasteiger partial charge in [0.1, 0.15) is 5.58 Å². The van der Waals surface area contributed by atoms with Crippen molar-refractivity contribution in [2.75, 3.05) is 33.4 Å². The minimum atomic E-state index is -0.312. The molecule has 6 nitrogen and oxygen atoms in total. The molecule has 0 spiro atoms. The van der Waals surface area contributed by atoms with E-state index >= 15 is 0 Å². The molecular weight excluding hydrogens is 320 g/mol. The van der Waals surface area contributed by atoms with Gasteiger partial charge >= 0.3 is 0 Å². The molecule has 2 aliphatic rings. The third-order valence-electron chi connectivity index (χ3n) is 5.32. The van der Waals surface area contributed by atoms with E-state index in [9.17, 15) is 9.59 Å². The Hall–Kier alpha value is -2.34. The Kier molecular flexibility index (Phi) is 3.80. The van der Waals surface area contributed by atoms with Crippen LogP contribution in [0.5, 0.6) is 0 Å². The fourth-order valence-corrected chi connectivity index (χ4v) is 3.74. The van der Waals surface area contributed by atoms with Gasteiger partial charge in [-0.3, -0.25) is 9.59 Å². The van der Waals surface area contributed by atoms with E-state index in [2.05, 4.69) is 0 Å². The first-order valence-corrected chi connectivity index (χ1v) is 8.59. The lowest BCUT2D eigenvalue weighted by atomic mass is 10.1. The fraction of sp³-hybridized carbons (Fsp3) is 0.474. The van der Waals surface area contributed by atoms with Crippen LogP contribution >= 0.6 is 0 Å². The van der Waals surface area contributed by atoms with Crippen LogP contribution in [0.25, 0.3) is 11.0 Å². The second kappa shape index (κ2) is 5.88. The summed E-state index contributed by atoms with van der Waals surface area (Å²) >= 11 is 0. The first-order chi connectivity index (χ1) is 12.0. The van der Waals surface area contributed by atoms with E-state index in [0.717, 1.165) is 22.1 Å². The molecule has 0 aliphatic carbocycles. The molecule has 2 bridgehead atoms. The van der Waals surface area contributed by atoms with Crippen LogP contribution in [0.1, 0.15) is 21.7 Å². The Morgan fingerprint density at radius 1 is 1.20 bits per heavy atom. The van der Waals surface area contributed by atoms with E-state index in [-0.39, 0.29) is 23.8 Å². The van der Waals surface area contributed by atoms with Crippen molar-refractivity contribution in [3.63, 3.8) is 0 Å². The zero-order valence-corrected chi connectivity index (χ0v) is 14.7. The standard InChI is InChI=1S/C19H22N2O4/c1-11-4-5-15-12(2)17(25-16(15)6-11)19(23)21-7-13-9-24-10-14(8-21)20(3)18(13)22/h4-6,13-14H,7-10H2,1-3H3/t13-,14+/m1/s1. The van der Waals surface area contributed by atoms with Crippen LogP contribution in [-0.2, 0) is 9.53 Å². The maximum absolute atomic E-state index is 13.1. The summed E-state index contributed by atoms with van der Waals surface area (Å²) in [5.74, 6) is -0.0360. The number of carbonyl (C=O) groups excluding carboxylic acids is 2. The van der Waals surface area contributed by atoms with Crippen molar-refractivity contribution in [1.29, 1.82) is 0 Å². The fourth-order valence-electron chi connectivity index (χ4n) is 3.74. The molecule has 2 aromatic rings. The van der Waals surface area contributed by atoms with Gasteiger partial charge in [0.2, 0.25) is 5.91 Å². The maximum Gasteiger partial charge on any atom is 0.289 e. The van der Waals surface area contributed by atoms with Gasteiger partial charge in [0.25, 0.3) is 5.91 Å². The van der Waals surface area contributed by atoms with Gasteiger partial charge in [-0.15, -0.1) is 0 Å². The van der Waals surface area contributed by atoms with Gasteiger partial charge in [-0.25, -0.2) is 0 Å². The van der Waals surface area contributed by atoms with E-state index in [4.69, 9.17) is 9.15 Å². The number of likely N-dealkylation sites (N-methyl/N-ethyl adjacent to an activating group) is 1. The van der Waals surface area contributed by atoms with Gasteiger partial charge < -0.3 is 19.0 Å². The van der Waals surface area contributed by atoms with Crippen molar-refractivity contribution >= 4 is 22.8 Å². The number of rotatable bonds is 1. The zero-order valence-electron chi connectivity index (χ0n) is 14.7. The smallest absolute Gasteiger partial charge is 0.289 e. The van der Waals surface area contributed by atoms with Crippen LogP contribution in [0.2, 0.25) is 0 Å². The summed E-state index contributed by atoms with van der Waals surface area (Å²) in [4.78, 5) is 29.1. The average molecular weight is 342 g/mol. The molecule has 25 heavy (non-hydrogen) atoms. The highest BCUT2D eigenvalue weighted by atomic mass is 16.5. The van der Waals surface area contributed by atoms with Gasteiger partial charge in [0.05, 0.1) is 25.2 Å². The van der Waals surface area contributed by atoms with E-state index in [0.29, 0.717) is 32.1 Å². The SMILES string of the molecule is Cc1ccc2c(C)c(C(=O)N3C[C@@H]4COC[C@H](C3)N(C)C4=O)oc2c1. The lowest BCUT2D eigenvalue weighted by molar-refractivity contribution is -0.133. The number of aryl methyl sites for hydroxylation is 2. The third-order valence-corrected chi connectivity index (χ3v) is 5.32. The Morgan fingerprint density at radius 2 is 2.00 bits per heavy atom. The molecule has 132 valence electrons.